The van der Waals surface area contributed by atoms with Gasteiger partial charge in [-0.3, -0.25) is 19.2 Å². The lowest BCUT2D eigenvalue weighted by molar-refractivity contribution is -0.150. The van der Waals surface area contributed by atoms with Crippen LogP contribution < -0.4 is 9.47 Å². The molecule has 0 saturated carbocycles. The molecule has 0 spiro atoms. The van der Waals surface area contributed by atoms with Gasteiger partial charge in [0.1, 0.15) is 34.2 Å². The minimum atomic E-state index is -1.83. The zero-order valence-electron chi connectivity index (χ0n) is 23.9. The van der Waals surface area contributed by atoms with Gasteiger partial charge in [0.2, 0.25) is 0 Å². The Labute approximate surface area is 243 Å². The molecule has 0 radical (unpaired) electrons. The number of hydrogen-bond acceptors (Lipinski definition) is 8. The molecule has 42 heavy (non-hydrogen) atoms. The maximum atomic E-state index is 14.5. The molecule has 3 aromatic carbocycles. The molecule has 0 aliphatic heterocycles. The van der Waals surface area contributed by atoms with Crippen molar-refractivity contribution >= 4 is 29.1 Å². The number of ketones is 4. The van der Waals surface area contributed by atoms with Gasteiger partial charge in [0, 0.05) is 22.3 Å². The fourth-order valence-electron chi connectivity index (χ4n) is 4.64. The first-order valence-corrected chi connectivity index (χ1v) is 13.2. The van der Waals surface area contributed by atoms with E-state index in [9.17, 15) is 24.0 Å². The number of allylic oxidation sites excluding steroid dienone is 3. The second-order valence-electron chi connectivity index (χ2n) is 10.5. The van der Waals surface area contributed by atoms with E-state index in [0.29, 0.717) is 0 Å². The smallest absolute Gasteiger partial charge is 0.342 e. The van der Waals surface area contributed by atoms with Gasteiger partial charge in [0.25, 0.3) is 0 Å². The maximum Gasteiger partial charge on any atom is 0.342 e. The van der Waals surface area contributed by atoms with Crippen LogP contribution in [0.1, 0.15) is 51.8 Å². The van der Waals surface area contributed by atoms with Gasteiger partial charge in [-0.2, -0.15) is 0 Å². The normalized spacial score (nSPS) is 15.0. The van der Waals surface area contributed by atoms with Gasteiger partial charge >= 0.3 is 5.97 Å². The largest absolute Gasteiger partial charge is 0.496 e. The molecule has 0 N–H and O–H groups in total. The van der Waals surface area contributed by atoms with Crippen molar-refractivity contribution in [3.63, 3.8) is 0 Å². The molecular formula is C34H30O8. The molecule has 214 valence electrons. The minimum Gasteiger partial charge on any atom is -0.496 e. The van der Waals surface area contributed by atoms with Crippen LogP contribution in [0.4, 0.5) is 0 Å². The van der Waals surface area contributed by atoms with Crippen LogP contribution in [0.15, 0.2) is 102 Å². The number of hydrogen-bond donors (Lipinski definition) is 0. The summed E-state index contributed by atoms with van der Waals surface area (Å²) in [7, 11) is 2.71. The van der Waals surface area contributed by atoms with Crippen LogP contribution >= 0.6 is 0 Å². The van der Waals surface area contributed by atoms with Crippen molar-refractivity contribution in [2.24, 2.45) is 5.92 Å². The standard InChI is InChI=1S/C34H30O8/c1-34(2,3)42-33(39)23-19-22(29(35)20-13-8-6-9-14-20)26(28(31(23)37)30(36)21-15-10-7-11-16-21)32(38)27-24(40-4)17-12-18-25(27)41-5/h6-19,28H,1-5H3. The Kier molecular flexibility index (Phi) is 8.66. The first-order chi connectivity index (χ1) is 20.0. The third-order valence-corrected chi connectivity index (χ3v) is 6.51. The zero-order chi connectivity index (χ0) is 30.6. The van der Waals surface area contributed by atoms with Gasteiger partial charge in [-0.25, -0.2) is 4.79 Å². The lowest BCUT2D eigenvalue weighted by Gasteiger charge is -2.27. The van der Waals surface area contributed by atoms with Crippen LogP contribution in [0.3, 0.4) is 0 Å². The lowest BCUT2D eigenvalue weighted by Crippen LogP contribution is -2.39. The zero-order valence-corrected chi connectivity index (χ0v) is 23.9. The molecule has 0 amide bonds. The molecule has 1 aliphatic rings. The molecule has 0 saturated heterocycles. The highest BCUT2D eigenvalue weighted by atomic mass is 16.6. The van der Waals surface area contributed by atoms with Crippen molar-refractivity contribution in [1.29, 1.82) is 0 Å². The number of methoxy groups -OCH3 is 2. The average Bonchev–Trinajstić information content (AvgIpc) is 2.99. The number of carbonyl (C=O) groups excluding carboxylic acids is 5. The monoisotopic (exact) mass is 566 g/mol. The molecular weight excluding hydrogens is 536 g/mol. The Morgan fingerprint density at radius 1 is 0.690 bits per heavy atom. The summed E-state index contributed by atoms with van der Waals surface area (Å²) >= 11 is 0. The Bertz CT molecular complexity index is 1600. The third kappa shape index (κ3) is 5.98. The molecule has 0 bridgehead atoms. The SMILES string of the molecule is COc1cccc(OC)c1C(=O)C1=C(C(=O)c2ccccc2)C=C(C(=O)OC(C)(C)C)C(=O)C1C(=O)c1ccccc1. The molecule has 8 heteroatoms. The number of Topliss-reactive ketones (excluding diaryl/α,β-unsaturated/α-hetero) is 4. The van der Waals surface area contributed by atoms with Crippen LogP contribution in [0.5, 0.6) is 11.5 Å². The van der Waals surface area contributed by atoms with Crippen molar-refractivity contribution in [2.75, 3.05) is 14.2 Å². The van der Waals surface area contributed by atoms with E-state index in [-0.39, 0.29) is 33.8 Å². The van der Waals surface area contributed by atoms with E-state index in [1.54, 1.807) is 63.2 Å². The van der Waals surface area contributed by atoms with E-state index in [2.05, 4.69) is 0 Å². The molecule has 1 atom stereocenters. The molecule has 0 aromatic heterocycles. The Balaban J connectivity index is 2.08. The van der Waals surface area contributed by atoms with Crippen LogP contribution in [-0.4, -0.2) is 48.9 Å². The van der Waals surface area contributed by atoms with Gasteiger partial charge in [-0.05, 0) is 39.0 Å². The van der Waals surface area contributed by atoms with Gasteiger partial charge < -0.3 is 14.2 Å². The first-order valence-electron chi connectivity index (χ1n) is 13.2. The van der Waals surface area contributed by atoms with E-state index < -0.39 is 51.8 Å². The van der Waals surface area contributed by atoms with E-state index in [1.165, 1.54) is 50.6 Å². The summed E-state index contributed by atoms with van der Waals surface area (Å²) in [6.45, 7) is 4.88. The molecule has 1 aliphatic carbocycles. The van der Waals surface area contributed by atoms with Crippen molar-refractivity contribution in [3.05, 3.63) is 118 Å². The second-order valence-corrected chi connectivity index (χ2v) is 10.5. The topological polar surface area (TPSA) is 113 Å². The number of benzene rings is 3. The van der Waals surface area contributed by atoms with Gasteiger partial charge in [0.05, 0.1) is 14.2 Å². The van der Waals surface area contributed by atoms with E-state index >= 15 is 0 Å². The summed E-state index contributed by atoms with van der Waals surface area (Å²) in [6.07, 6.45) is 1.05. The van der Waals surface area contributed by atoms with Crippen LogP contribution in [-0.2, 0) is 14.3 Å². The first kappa shape index (κ1) is 29.9. The Morgan fingerprint density at radius 3 is 1.71 bits per heavy atom. The van der Waals surface area contributed by atoms with Gasteiger partial charge in [-0.15, -0.1) is 0 Å². The molecule has 0 heterocycles. The molecule has 4 rings (SSSR count). The third-order valence-electron chi connectivity index (χ3n) is 6.51. The van der Waals surface area contributed by atoms with Crippen molar-refractivity contribution in [1.82, 2.24) is 0 Å². The number of rotatable bonds is 9. The van der Waals surface area contributed by atoms with Crippen LogP contribution in [0, 0.1) is 5.92 Å². The predicted octanol–water partition coefficient (Wildman–Crippen LogP) is 5.42. The summed E-state index contributed by atoms with van der Waals surface area (Å²) in [5, 5.41) is 0. The minimum absolute atomic E-state index is 0.0800. The fourth-order valence-corrected chi connectivity index (χ4v) is 4.64. The molecule has 8 nitrogen and oxygen atoms in total. The second kappa shape index (κ2) is 12.2. The highest BCUT2D eigenvalue weighted by Gasteiger charge is 2.46. The summed E-state index contributed by atoms with van der Waals surface area (Å²) in [5.41, 5.74) is -1.95. The summed E-state index contributed by atoms with van der Waals surface area (Å²) in [4.78, 5) is 69.9. The Hall–Kier alpha value is -5.11. The fraction of sp³-hybridized carbons (Fsp3) is 0.206. The van der Waals surface area contributed by atoms with E-state index in [0.717, 1.165) is 6.08 Å². The Morgan fingerprint density at radius 2 is 1.21 bits per heavy atom. The maximum absolute atomic E-state index is 14.5. The van der Waals surface area contributed by atoms with Crippen LogP contribution in [0.2, 0.25) is 0 Å². The summed E-state index contributed by atoms with van der Waals surface area (Å²) in [5.74, 6) is -5.83. The van der Waals surface area contributed by atoms with E-state index in [4.69, 9.17) is 14.2 Å². The number of esters is 1. The molecule has 3 aromatic rings. The molecule has 0 fully saturated rings. The number of carbonyl (C=O) groups is 5. The van der Waals surface area contributed by atoms with Crippen molar-refractivity contribution in [3.8, 4) is 11.5 Å². The van der Waals surface area contributed by atoms with Gasteiger partial charge in [0.15, 0.2) is 23.1 Å². The quantitative estimate of drug-likeness (QED) is 0.146. The van der Waals surface area contributed by atoms with Gasteiger partial charge in [-0.1, -0.05) is 66.7 Å². The van der Waals surface area contributed by atoms with Crippen molar-refractivity contribution in [2.45, 2.75) is 26.4 Å². The summed E-state index contributed by atoms with van der Waals surface area (Å²) in [6, 6.07) is 20.6. The highest BCUT2D eigenvalue weighted by molar-refractivity contribution is 6.35. The lowest BCUT2D eigenvalue weighted by atomic mass is 9.73. The average molecular weight is 567 g/mol. The molecule has 1 unspecified atom stereocenters. The van der Waals surface area contributed by atoms with Crippen molar-refractivity contribution < 1.29 is 38.2 Å². The summed E-state index contributed by atoms with van der Waals surface area (Å²) < 4.78 is 16.3. The number of ether oxygens (including phenoxy) is 3. The van der Waals surface area contributed by atoms with Crippen LogP contribution in [0.25, 0.3) is 0 Å². The predicted molar refractivity (Wildman–Crippen MR) is 155 cm³/mol. The highest BCUT2D eigenvalue weighted by Crippen LogP contribution is 2.39. The van der Waals surface area contributed by atoms with E-state index in [1.807, 2.05) is 0 Å².